The van der Waals surface area contributed by atoms with Crippen LogP contribution in [0.5, 0.6) is 0 Å². The highest BCUT2D eigenvalue weighted by Gasteiger charge is 2.29. The first-order valence-corrected chi connectivity index (χ1v) is 10.9. The van der Waals surface area contributed by atoms with Crippen molar-refractivity contribution in [3.63, 3.8) is 0 Å². The maximum atomic E-state index is 10.6. The largest absolute Gasteiger partial charge is 0.494 e. The number of carbonyl (C=O) groups is 1. The molecule has 0 saturated carbocycles. The van der Waals surface area contributed by atoms with Crippen molar-refractivity contribution < 1.29 is 19.5 Å². The van der Waals surface area contributed by atoms with Crippen molar-refractivity contribution in [1.29, 1.82) is 0 Å². The van der Waals surface area contributed by atoms with Gasteiger partial charge in [-0.2, -0.15) is 0 Å². The number of carboxylic acid groups (broad SMARTS) is 1. The van der Waals surface area contributed by atoms with Crippen molar-refractivity contribution in [3.8, 4) is 0 Å². The van der Waals surface area contributed by atoms with Gasteiger partial charge < -0.3 is 14.7 Å². The molecule has 1 atom stereocenters. The number of allylic oxidation sites excluding steroid dienone is 2. The Kier molecular flexibility index (Phi) is 13.0. The van der Waals surface area contributed by atoms with Crippen molar-refractivity contribution >= 4 is 11.7 Å². The van der Waals surface area contributed by atoms with E-state index in [0.717, 1.165) is 42.5 Å². The highest BCUT2D eigenvalue weighted by molar-refractivity contribution is 6.02. The topological polar surface area (TPSA) is 68.1 Å². The number of carboxylic acids is 1. The van der Waals surface area contributed by atoms with Gasteiger partial charge in [0.25, 0.3) is 0 Å². The lowest BCUT2D eigenvalue weighted by Gasteiger charge is -2.18. The Hall–Kier alpha value is -2.04. The molecule has 0 saturated heterocycles. The van der Waals surface area contributed by atoms with Gasteiger partial charge in [-0.05, 0) is 42.7 Å². The summed E-state index contributed by atoms with van der Waals surface area (Å²) in [6, 6.07) is 0. The van der Waals surface area contributed by atoms with Gasteiger partial charge in [-0.1, -0.05) is 72.7 Å². The lowest BCUT2D eigenvalue weighted by atomic mass is 9.85. The molecule has 29 heavy (non-hydrogen) atoms. The first kappa shape index (κ1) is 27.0. The second-order valence-electron chi connectivity index (χ2n) is 8.08. The average Bonchev–Trinajstić information content (AvgIpc) is 3.00. The van der Waals surface area contributed by atoms with E-state index in [2.05, 4.69) is 52.4 Å². The molecule has 1 aliphatic heterocycles. The van der Waals surface area contributed by atoms with Crippen LogP contribution in [-0.2, 0) is 14.4 Å². The number of oxime groups is 1. The summed E-state index contributed by atoms with van der Waals surface area (Å²) in [7, 11) is 0. The minimum Gasteiger partial charge on any atom is -0.494 e. The van der Waals surface area contributed by atoms with Crippen LogP contribution in [0.25, 0.3) is 0 Å². The fourth-order valence-electron chi connectivity index (χ4n) is 2.88. The van der Waals surface area contributed by atoms with E-state index in [4.69, 9.17) is 14.7 Å². The third-order valence-corrected chi connectivity index (χ3v) is 4.08. The zero-order valence-corrected chi connectivity index (χ0v) is 19.5. The van der Waals surface area contributed by atoms with Crippen LogP contribution in [0.3, 0.4) is 0 Å². The van der Waals surface area contributed by atoms with E-state index < -0.39 is 5.97 Å². The Morgan fingerprint density at radius 1 is 1.28 bits per heavy atom. The molecule has 0 spiro atoms. The maximum absolute atomic E-state index is 10.6. The summed E-state index contributed by atoms with van der Waals surface area (Å²) in [5.74, 6) is -0.225. The van der Waals surface area contributed by atoms with Gasteiger partial charge in [-0.25, -0.2) is 0 Å². The molecular weight excluding hydrogens is 366 g/mol. The van der Waals surface area contributed by atoms with Crippen LogP contribution in [0.4, 0.5) is 0 Å². The SMILES string of the molecule is C=C(OCCCC(=O)O)C(=CC1ON=C(CC(C)(C)C)/C1=C/CC)CCC.CC. The minimum atomic E-state index is -0.814. The molecule has 166 valence electrons. The fraction of sp³-hybridized carbons (Fsp3) is 0.667. The van der Waals surface area contributed by atoms with Crippen LogP contribution in [0.2, 0.25) is 0 Å². The molecular formula is C24H41NO4. The van der Waals surface area contributed by atoms with E-state index in [1.165, 1.54) is 0 Å². The van der Waals surface area contributed by atoms with Gasteiger partial charge in [-0.3, -0.25) is 4.79 Å². The molecule has 5 heteroatoms. The molecule has 1 N–H and O–H groups in total. The van der Waals surface area contributed by atoms with E-state index in [9.17, 15) is 4.79 Å². The van der Waals surface area contributed by atoms with Crippen LogP contribution in [0.15, 0.2) is 40.8 Å². The van der Waals surface area contributed by atoms with E-state index in [1.807, 2.05) is 19.9 Å². The van der Waals surface area contributed by atoms with Gasteiger partial charge in [-0.15, -0.1) is 0 Å². The normalized spacial score (nSPS) is 17.9. The molecule has 0 amide bonds. The van der Waals surface area contributed by atoms with E-state index in [1.54, 1.807) is 0 Å². The van der Waals surface area contributed by atoms with Gasteiger partial charge in [0.1, 0.15) is 5.76 Å². The van der Waals surface area contributed by atoms with Crippen molar-refractivity contribution in [1.82, 2.24) is 0 Å². The first-order valence-electron chi connectivity index (χ1n) is 10.9. The quantitative estimate of drug-likeness (QED) is 0.236. The van der Waals surface area contributed by atoms with Crippen molar-refractivity contribution in [2.45, 2.75) is 93.1 Å². The van der Waals surface area contributed by atoms with Gasteiger partial charge in [0.05, 0.1) is 12.3 Å². The van der Waals surface area contributed by atoms with Gasteiger partial charge in [0.15, 0.2) is 6.10 Å². The van der Waals surface area contributed by atoms with Crippen LogP contribution in [0, 0.1) is 5.41 Å². The number of rotatable bonds is 11. The van der Waals surface area contributed by atoms with Gasteiger partial charge >= 0.3 is 5.97 Å². The van der Waals surface area contributed by atoms with E-state index >= 15 is 0 Å². The summed E-state index contributed by atoms with van der Waals surface area (Å²) in [6.07, 6.45) is 8.13. The standard InChI is InChI=1S/C22H35NO4.C2H6/c1-7-10-17(16(3)26-13-9-12-21(24)25)14-20-18(11-8-2)19(23-27-20)15-22(4,5)6;1-2/h11,14,20H,3,7-10,12-13,15H2,1-2,4-6H3,(H,24,25);1-2H3/b17-14?,18-11-;. The molecule has 1 heterocycles. The molecule has 5 nitrogen and oxygen atoms in total. The predicted octanol–water partition coefficient (Wildman–Crippen LogP) is 6.66. The van der Waals surface area contributed by atoms with Crippen molar-refractivity contribution in [2.24, 2.45) is 10.6 Å². The first-order chi connectivity index (χ1) is 13.7. The number of hydrogen-bond donors (Lipinski definition) is 1. The van der Waals surface area contributed by atoms with Crippen LogP contribution in [0.1, 0.15) is 87.0 Å². The maximum Gasteiger partial charge on any atom is 0.303 e. The molecule has 0 aliphatic carbocycles. The number of ether oxygens (including phenoxy) is 1. The van der Waals surface area contributed by atoms with Crippen LogP contribution >= 0.6 is 0 Å². The predicted molar refractivity (Wildman–Crippen MR) is 121 cm³/mol. The summed E-state index contributed by atoms with van der Waals surface area (Å²) in [4.78, 5) is 16.3. The van der Waals surface area contributed by atoms with Crippen molar-refractivity contribution in [2.75, 3.05) is 6.61 Å². The molecule has 1 aliphatic rings. The highest BCUT2D eigenvalue weighted by atomic mass is 16.6. The summed E-state index contributed by atoms with van der Waals surface area (Å²) in [5.41, 5.74) is 3.26. The summed E-state index contributed by atoms with van der Waals surface area (Å²) >= 11 is 0. The van der Waals surface area contributed by atoms with Gasteiger partial charge in [0.2, 0.25) is 0 Å². The lowest BCUT2D eigenvalue weighted by Crippen LogP contribution is -2.17. The zero-order valence-electron chi connectivity index (χ0n) is 19.5. The Balaban J connectivity index is 0.00000379. The van der Waals surface area contributed by atoms with E-state index in [0.29, 0.717) is 18.8 Å². The summed E-state index contributed by atoms with van der Waals surface area (Å²) in [5, 5.41) is 13.1. The third-order valence-electron chi connectivity index (χ3n) is 4.08. The molecule has 1 rings (SSSR count). The zero-order chi connectivity index (χ0) is 22.4. The summed E-state index contributed by atoms with van der Waals surface area (Å²) < 4.78 is 5.68. The Morgan fingerprint density at radius 3 is 2.45 bits per heavy atom. The molecule has 1 unspecified atom stereocenters. The monoisotopic (exact) mass is 407 g/mol. The Morgan fingerprint density at radius 2 is 1.93 bits per heavy atom. The average molecular weight is 408 g/mol. The molecule has 0 aromatic carbocycles. The van der Waals surface area contributed by atoms with Crippen molar-refractivity contribution in [3.05, 3.63) is 35.6 Å². The molecule has 0 aromatic rings. The fourth-order valence-corrected chi connectivity index (χ4v) is 2.88. The number of hydrogen-bond acceptors (Lipinski definition) is 4. The Bertz CT molecular complexity index is 609. The number of nitrogens with zero attached hydrogens (tertiary/aromatic N) is 1. The van der Waals surface area contributed by atoms with Crippen LogP contribution < -0.4 is 0 Å². The molecule has 0 aromatic heterocycles. The second-order valence-corrected chi connectivity index (χ2v) is 8.08. The Labute approximate surface area is 177 Å². The highest BCUT2D eigenvalue weighted by Crippen LogP contribution is 2.30. The van der Waals surface area contributed by atoms with Crippen LogP contribution in [-0.4, -0.2) is 29.5 Å². The molecule has 0 radical (unpaired) electrons. The third kappa shape index (κ3) is 10.9. The minimum absolute atomic E-state index is 0.0965. The number of aliphatic carboxylic acids is 1. The molecule has 0 fully saturated rings. The summed E-state index contributed by atoms with van der Waals surface area (Å²) in [6.45, 7) is 19.2. The van der Waals surface area contributed by atoms with Gasteiger partial charge in [0, 0.05) is 12.0 Å². The molecule has 0 bridgehead atoms. The van der Waals surface area contributed by atoms with E-state index in [-0.39, 0.29) is 17.9 Å². The second kappa shape index (κ2) is 14.0. The lowest BCUT2D eigenvalue weighted by molar-refractivity contribution is -0.137. The smallest absolute Gasteiger partial charge is 0.303 e.